The van der Waals surface area contributed by atoms with Gasteiger partial charge in [-0.05, 0) is 36.4 Å². The number of carbonyl (C=O) groups excluding carboxylic acids is 1. The number of rotatable bonds is 4. The predicted molar refractivity (Wildman–Crippen MR) is 101 cm³/mol. The molecule has 2 aromatic carbocycles. The van der Waals surface area contributed by atoms with Crippen LogP contribution in [0.5, 0.6) is 0 Å². The van der Waals surface area contributed by atoms with Crippen LogP contribution in [0.1, 0.15) is 0 Å². The molecular formula is C17H17ClN2O3S2. The quantitative estimate of drug-likeness (QED) is 0.796. The van der Waals surface area contributed by atoms with Gasteiger partial charge in [0.25, 0.3) is 0 Å². The molecule has 0 atom stereocenters. The molecular weight excluding hydrogens is 380 g/mol. The number of anilines is 1. The summed E-state index contributed by atoms with van der Waals surface area (Å²) < 4.78 is 26.3. The van der Waals surface area contributed by atoms with Crippen LogP contribution in [0.25, 0.3) is 0 Å². The normalized spacial score (nSPS) is 14.4. The van der Waals surface area contributed by atoms with E-state index in [1.54, 1.807) is 16.7 Å². The van der Waals surface area contributed by atoms with Crippen molar-refractivity contribution < 1.29 is 13.2 Å². The van der Waals surface area contributed by atoms with Gasteiger partial charge in [0, 0.05) is 29.3 Å². The molecule has 0 aliphatic carbocycles. The minimum atomic E-state index is -3.74. The highest BCUT2D eigenvalue weighted by Crippen LogP contribution is 2.34. The first-order valence-corrected chi connectivity index (χ1v) is 10.4. The summed E-state index contributed by atoms with van der Waals surface area (Å²) in [6, 6.07) is 13.6. The highest BCUT2D eigenvalue weighted by Gasteiger charge is 2.28. The summed E-state index contributed by atoms with van der Waals surface area (Å²) >= 11 is 7.50. The van der Waals surface area contributed by atoms with Gasteiger partial charge in [0.1, 0.15) is 0 Å². The van der Waals surface area contributed by atoms with E-state index in [2.05, 4.69) is 0 Å². The first kappa shape index (κ1) is 18.3. The van der Waals surface area contributed by atoms with Crippen LogP contribution in [-0.4, -0.2) is 44.5 Å². The summed E-state index contributed by atoms with van der Waals surface area (Å²) in [6.45, 7) is 0.347. The second-order valence-electron chi connectivity index (χ2n) is 5.58. The van der Waals surface area contributed by atoms with Gasteiger partial charge in [-0.2, -0.15) is 4.31 Å². The van der Waals surface area contributed by atoms with Gasteiger partial charge >= 0.3 is 0 Å². The number of thioether (sulfide) groups is 1. The standard InChI is InChI=1S/C17H17ClN2O3S2/c1-19(25(22,23)14-8-6-13(18)7-9-14)12-17(21)20-10-11-24-16-5-3-2-4-15(16)20/h2-9H,10-12H2,1H3. The van der Waals surface area contributed by atoms with E-state index in [0.29, 0.717) is 11.6 Å². The Kier molecular flexibility index (Phi) is 5.38. The molecule has 0 saturated heterocycles. The Morgan fingerprint density at radius 2 is 1.88 bits per heavy atom. The van der Waals surface area contributed by atoms with Gasteiger partial charge in [-0.25, -0.2) is 8.42 Å². The van der Waals surface area contributed by atoms with Crippen molar-refractivity contribution in [3.8, 4) is 0 Å². The number of fused-ring (bicyclic) bond motifs is 1. The zero-order chi connectivity index (χ0) is 18.0. The Labute approximate surface area is 156 Å². The molecule has 0 spiro atoms. The maximum atomic E-state index is 12.7. The van der Waals surface area contributed by atoms with Crippen LogP contribution in [0.3, 0.4) is 0 Å². The van der Waals surface area contributed by atoms with E-state index in [1.165, 1.54) is 31.3 Å². The fourth-order valence-corrected chi connectivity index (χ4v) is 4.82. The van der Waals surface area contributed by atoms with Crippen LogP contribution < -0.4 is 4.90 Å². The number of halogens is 1. The van der Waals surface area contributed by atoms with Crippen LogP contribution in [0.2, 0.25) is 5.02 Å². The van der Waals surface area contributed by atoms with E-state index >= 15 is 0 Å². The van der Waals surface area contributed by atoms with Crippen LogP contribution in [-0.2, 0) is 14.8 Å². The number of amides is 1. The van der Waals surface area contributed by atoms with E-state index in [9.17, 15) is 13.2 Å². The Hall–Kier alpha value is -1.54. The van der Waals surface area contributed by atoms with Crippen molar-refractivity contribution >= 4 is 45.0 Å². The molecule has 8 heteroatoms. The number of para-hydroxylation sites is 1. The summed E-state index contributed by atoms with van der Waals surface area (Å²) in [6.07, 6.45) is 0. The first-order chi connectivity index (χ1) is 11.9. The molecule has 0 bridgehead atoms. The van der Waals surface area contributed by atoms with Gasteiger partial charge in [0.05, 0.1) is 17.1 Å². The molecule has 1 aliphatic heterocycles. The number of hydrogen-bond acceptors (Lipinski definition) is 4. The molecule has 25 heavy (non-hydrogen) atoms. The molecule has 0 saturated carbocycles. The SMILES string of the molecule is CN(CC(=O)N1CCSc2ccccc21)S(=O)(=O)c1ccc(Cl)cc1. The van der Waals surface area contributed by atoms with Crippen LogP contribution in [0.15, 0.2) is 58.3 Å². The molecule has 1 aliphatic rings. The van der Waals surface area contributed by atoms with E-state index in [0.717, 1.165) is 20.6 Å². The molecule has 1 amide bonds. The zero-order valence-electron chi connectivity index (χ0n) is 13.6. The van der Waals surface area contributed by atoms with Gasteiger partial charge in [-0.15, -0.1) is 11.8 Å². The van der Waals surface area contributed by atoms with Gasteiger partial charge < -0.3 is 4.90 Å². The number of hydrogen-bond donors (Lipinski definition) is 0. The minimum Gasteiger partial charge on any atom is -0.309 e. The molecule has 5 nitrogen and oxygen atoms in total. The monoisotopic (exact) mass is 396 g/mol. The average Bonchev–Trinajstić information content (AvgIpc) is 2.61. The van der Waals surface area contributed by atoms with Crippen LogP contribution >= 0.6 is 23.4 Å². The summed E-state index contributed by atoms with van der Waals surface area (Å²) in [5.74, 6) is 0.545. The summed E-state index contributed by atoms with van der Waals surface area (Å²) in [5.41, 5.74) is 0.834. The summed E-state index contributed by atoms with van der Waals surface area (Å²) in [7, 11) is -2.34. The van der Waals surface area contributed by atoms with E-state index in [-0.39, 0.29) is 17.3 Å². The van der Waals surface area contributed by atoms with Crippen LogP contribution in [0, 0.1) is 0 Å². The molecule has 0 unspecified atom stereocenters. The van der Waals surface area contributed by atoms with Crippen molar-refractivity contribution in [1.82, 2.24) is 4.31 Å². The number of carbonyl (C=O) groups is 1. The second kappa shape index (κ2) is 7.37. The van der Waals surface area contributed by atoms with E-state index < -0.39 is 10.0 Å². The fraction of sp³-hybridized carbons (Fsp3) is 0.235. The molecule has 0 N–H and O–H groups in total. The third-order valence-electron chi connectivity index (χ3n) is 3.91. The lowest BCUT2D eigenvalue weighted by molar-refractivity contribution is -0.118. The van der Waals surface area contributed by atoms with Crippen molar-refractivity contribution in [3.05, 3.63) is 53.6 Å². The van der Waals surface area contributed by atoms with Gasteiger partial charge in [0.15, 0.2) is 0 Å². The molecule has 132 valence electrons. The van der Waals surface area contributed by atoms with Crippen LogP contribution in [0.4, 0.5) is 5.69 Å². The topological polar surface area (TPSA) is 57.7 Å². The average molecular weight is 397 g/mol. The van der Waals surface area contributed by atoms with Gasteiger partial charge in [-0.1, -0.05) is 23.7 Å². The summed E-state index contributed by atoms with van der Waals surface area (Å²) in [4.78, 5) is 15.5. The third-order valence-corrected chi connectivity index (χ3v) is 7.02. The Morgan fingerprint density at radius 3 is 2.60 bits per heavy atom. The molecule has 3 rings (SSSR count). The largest absolute Gasteiger partial charge is 0.309 e. The Bertz CT molecular complexity index is 885. The fourth-order valence-electron chi connectivity index (χ4n) is 2.58. The number of likely N-dealkylation sites (N-methyl/N-ethyl adjacent to an activating group) is 1. The van der Waals surface area contributed by atoms with Crippen molar-refractivity contribution in [2.24, 2.45) is 0 Å². The Morgan fingerprint density at radius 1 is 1.20 bits per heavy atom. The molecule has 0 aromatic heterocycles. The maximum Gasteiger partial charge on any atom is 0.243 e. The third kappa shape index (κ3) is 3.84. The van der Waals surface area contributed by atoms with E-state index in [1.807, 2.05) is 24.3 Å². The zero-order valence-corrected chi connectivity index (χ0v) is 15.9. The lowest BCUT2D eigenvalue weighted by Crippen LogP contribution is -2.43. The summed E-state index contributed by atoms with van der Waals surface area (Å²) in [5, 5.41) is 0.458. The lowest BCUT2D eigenvalue weighted by Gasteiger charge is -2.30. The highest BCUT2D eigenvalue weighted by atomic mass is 35.5. The lowest BCUT2D eigenvalue weighted by atomic mass is 10.2. The molecule has 0 fully saturated rings. The van der Waals surface area contributed by atoms with Crippen molar-refractivity contribution in [2.75, 3.05) is 30.8 Å². The Balaban J connectivity index is 1.78. The van der Waals surface area contributed by atoms with Crippen molar-refractivity contribution in [3.63, 3.8) is 0 Å². The van der Waals surface area contributed by atoms with Gasteiger partial charge in [0.2, 0.25) is 15.9 Å². The second-order valence-corrected chi connectivity index (χ2v) is 9.19. The number of sulfonamides is 1. The maximum absolute atomic E-state index is 12.7. The first-order valence-electron chi connectivity index (χ1n) is 7.64. The van der Waals surface area contributed by atoms with Gasteiger partial charge in [-0.3, -0.25) is 4.79 Å². The molecule has 1 heterocycles. The minimum absolute atomic E-state index is 0.113. The highest BCUT2D eigenvalue weighted by molar-refractivity contribution is 7.99. The number of benzene rings is 2. The van der Waals surface area contributed by atoms with Crippen molar-refractivity contribution in [1.29, 1.82) is 0 Å². The smallest absolute Gasteiger partial charge is 0.243 e. The van der Waals surface area contributed by atoms with E-state index in [4.69, 9.17) is 11.6 Å². The predicted octanol–water partition coefficient (Wildman–Crippen LogP) is 3.10. The molecule has 0 radical (unpaired) electrons. The van der Waals surface area contributed by atoms with Crippen molar-refractivity contribution in [2.45, 2.75) is 9.79 Å². The molecule has 2 aromatic rings. The number of nitrogens with zero attached hydrogens (tertiary/aromatic N) is 2.